The van der Waals surface area contributed by atoms with E-state index in [9.17, 15) is 4.79 Å². The van der Waals surface area contributed by atoms with Crippen molar-refractivity contribution in [1.82, 2.24) is 0 Å². The quantitative estimate of drug-likeness (QED) is 0.489. The second-order valence-corrected chi connectivity index (χ2v) is 4.28. The van der Waals surface area contributed by atoms with Crippen LogP contribution in [0.15, 0.2) is 24.3 Å². The van der Waals surface area contributed by atoms with Gasteiger partial charge < -0.3 is 0 Å². The highest BCUT2D eigenvalue weighted by atomic mass is 16.1. The summed E-state index contributed by atoms with van der Waals surface area (Å²) >= 11 is 0. The Morgan fingerprint density at radius 1 is 1.00 bits per heavy atom. The number of benzene rings is 1. The van der Waals surface area contributed by atoms with Gasteiger partial charge in [-0.05, 0) is 18.4 Å². The van der Waals surface area contributed by atoms with Crippen molar-refractivity contribution in [3.63, 3.8) is 0 Å². The molecule has 0 saturated carbocycles. The first-order valence-electron chi connectivity index (χ1n) is 6.40. The molecule has 0 amide bonds. The Kier molecular flexibility index (Phi) is 5.84. The standard InChI is InChI=1S/C15H22O/c1-3-5-6-7-8-15(16)14-11-9-13(4-2)10-12-14/h9-12H,3-8H2,1-2H3. The monoisotopic (exact) mass is 218 g/mol. The minimum absolute atomic E-state index is 0.291. The van der Waals surface area contributed by atoms with Crippen LogP contribution in [0.4, 0.5) is 0 Å². The highest BCUT2D eigenvalue weighted by Crippen LogP contribution is 2.10. The Morgan fingerprint density at radius 2 is 1.69 bits per heavy atom. The van der Waals surface area contributed by atoms with E-state index in [1.807, 2.05) is 12.1 Å². The van der Waals surface area contributed by atoms with E-state index in [4.69, 9.17) is 0 Å². The van der Waals surface area contributed by atoms with Gasteiger partial charge in [-0.1, -0.05) is 57.4 Å². The smallest absolute Gasteiger partial charge is 0.162 e. The van der Waals surface area contributed by atoms with Gasteiger partial charge in [0.05, 0.1) is 0 Å². The summed E-state index contributed by atoms with van der Waals surface area (Å²) < 4.78 is 0. The molecule has 1 nitrogen and oxygen atoms in total. The maximum atomic E-state index is 11.8. The molecule has 1 rings (SSSR count). The van der Waals surface area contributed by atoms with Crippen LogP contribution < -0.4 is 0 Å². The van der Waals surface area contributed by atoms with Gasteiger partial charge in [0.15, 0.2) is 5.78 Å². The van der Waals surface area contributed by atoms with Crippen molar-refractivity contribution >= 4 is 5.78 Å². The van der Waals surface area contributed by atoms with Gasteiger partial charge in [0.1, 0.15) is 0 Å². The molecule has 0 atom stereocenters. The number of hydrogen-bond donors (Lipinski definition) is 0. The molecule has 0 aliphatic rings. The van der Waals surface area contributed by atoms with Crippen LogP contribution in [-0.2, 0) is 6.42 Å². The third kappa shape index (κ3) is 4.18. The molecule has 0 spiro atoms. The second-order valence-electron chi connectivity index (χ2n) is 4.28. The Labute approximate surface area is 98.9 Å². The highest BCUT2D eigenvalue weighted by molar-refractivity contribution is 5.96. The summed E-state index contributed by atoms with van der Waals surface area (Å²) in [7, 11) is 0. The Morgan fingerprint density at radius 3 is 2.25 bits per heavy atom. The van der Waals surface area contributed by atoms with Crippen molar-refractivity contribution in [2.24, 2.45) is 0 Å². The Balaban J connectivity index is 2.40. The van der Waals surface area contributed by atoms with Crippen LogP contribution in [0.1, 0.15) is 61.9 Å². The van der Waals surface area contributed by atoms with Crippen LogP contribution in [-0.4, -0.2) is 5.78 Å². The number of carbonyl (C=O) groups excluding carboxylic acids is 1. The molecule has 0 heterocycles. The lowest BCUT2D eigenvalue weighted by Crippen LogP contribution is -1.99. The van der Waals surface area contributed by atoms with Gasteiger partial charge >= 0.3 is 0 Å². The molecule has 0 radical (unpaired) electrons. The normalized spacial score (nSPS) is 10.4. The van der Waals surface area contributed by atoms with Gasteiger partial charge in [0.25, 0.3) is 0 Å². The predicted octanol–water partition coefficient (Wildman–Crippen LogP) is 4.40. The maximum absolute atomic E-state index is 11.8. The topological polar surface area (TPSA) is 17.1 Å². The van der Waals surface area contributed by atoms with Gasteiger partial charge in [0.2, 0.25) is 0 Å². The molecule has 16 heavy (non-hydrogen) atoms. The van der Waals surface area contributed by atoms with Gasteiger partial charge in [-0.25, -0.2) is 0 Å². The lowest BCUT2D eigenvalue weighted by Gasteiger charge is -2.02. The Hall–Kier alpha value is -1.11. The number of hydrogen-bond acceptors (Lipinski definition) is 1. The number of unbranched alkanes of at least 4 members (excludes halogenated alkanes) is 3. The molecule has 0 saturated heterocycles. The zero-order valence-electron chi connectivity index (χ0n) is 10.5. The largest absolute Gasteiger partial charge is 0.294 e. The van der Waals surface area contributed by atoms with Crippen molar-refractivity contribution in [3.05, 3.63) is 35.4 Å². The van der Waals surface area contributed by atoms with Crippen molar-refractivity contribution in [1.29, 1.82) is 0 Å². The predicted molar refractivity (Wildman–Crippen MR) is 68.9 cm³/mol. The summed E-state index contributed by atoms with van der Waals surface area (Å²) in [4.78, 5) is 11.8. The van der Waals surface area contributed by atoms with E-state index in [-0.39, 0.29) is 0 Å². The van der Waals surface area contributed by atoms with Crippen LogP contribution in [0.3, 0.4) is 0 Å². The third-order valence-corrected chi connectivity index (χ3v) is 2.94. The SMILES string of the molecule is CCCCCCC(=O)c1ccc(CC)cc1. The number of aryl methyl sites for hydroxylation is 1. The van der Waals surface area contributed by atoms with E-state index in [0.29, 0.717) is 12.2 Å². The molecule has 0 N–H and O–H groups in total. The first-order valence-corrected chi connectivity index (χ1v) is 6.40. The fourth-order valence-corrected chi connectivity index (χ4v) is 1.78. The van der Waals surface area contributed by atoms with Crippen LogP contribution in [0.25, 0.3) is 0 Å². The average Bonchev–Trinajstić information content (AvgIpc) is 2.34. The van der Waals surface area contributed by atoms with E-state index in [2.05, 4.69) is 26.0 Å². The summed E-state index contributed by atoms with van der Waals surface area (Å²) in [5.74, 6) is 0.291. The van der Waals surface area contributed by atoms with Crippen LogP contribution >= 0.6 is 0 Å². The third-order valence-electron chi connectivity index (χ3n) is 2.94. The second kappa shape index (κ2) is 7.21. The summed E-state index contributed by atoms with van der Waals surface area (Å²) in [6.45, 7) is 4.31. The number of rotatable bonds is 7. The molecule has 0 unspecified atom stereocenters. The maximum Gasteiger partial charge on any atom is 0.162 e. The van der Waals surface area contributed by atoms with Crippen molar-refractivity contribution in [2.45, 2.75) is 52.4 Å². The molecule has 1 aromatic rings. The fraction of sp³-hybridized carbons (Fsp3) is 0.533. The fourth-order valence-electron chi connectivity index (χ4n) is 1.78. The van der Waals surface area contributed by atoms with Gasteiger partial charge in [-0.15, -0.1) is 0 Å². The lowest BCUT2D eigenvalue weighted by atomic mass is 10.0. The molecule has 0 aliphatic carbocycles. The molecule has 0 aromatic heterocycles. The number of Topliss-reactive ketones (excluding diaryl/α,β-unsaturated/α-hetero) is 1. The molecule has 0 bridgehead atoms. The number of carbonyl (C=O) groups is 1. The minimum atomic E-state index is 0.291. The van der Waals surface area contributed by atoms with Crippen molar-refractivity contribution in [2.75, 3.05) is 0 Å². The van der Waals surface area contributed by atoms with Crippen molar-refractivity contribution < 1.29 is 4.79 Å². The average molecular weight is 218 g/mol. The molecule has 1 aromatic carbocycles. The molecule has 0 aliphatic heterocycles. The van der Waals surface area contributed by atoms with Crippen molar-refractivity contribution in [3.8, 4) is 0 Å². The summed E-state index contributed by atoms with van der Waals surface area (Å²) in [5.41, 5.74) is 2.16. The Bertz CT molecular complexity index is 311. The summed E-state index contributed by atoms with van der Waals surface area (Å²) in [5, 5.41) is 0. The van der Waals surface area contributed by atoms with E-state index in [0.717, 1.165) is 18.4 Å². The van der Waals surface area contributed by atoms with Crippen LogP contribution in [0.5, 0.6) is 0 Å². The van der Waals surface area contributed by atoms with Gasteiger partial charge in [0, 0.05) is 12.0 Å². The first-order chi connectivity index (χ1) is 7.77. The van der Waals surface area contributed by atoms with Gasteiger partial charge in [-0.3, -0.25) is 4.79 Å². The highest BCUT2D eigenvalue weighted by Gasteiger charge is 2.04. The summed E-state index contributed by atoms with van der Waals surface area (Å²) in [6.07, 6.45) is 6.40. The van der Waals surface area contributed by atoms with E-state index >= 15 is 0 Å². The molecule has 88 valence electrons. The molecule has 1 heteroatoms. The van der Waals surface area contributed by atoms with Crippen LogP contribution in [0.2, 0.25) is 0 Å². The molecule has 0 fully saturated rings. The zero-order chi connectivity index (χ0) is 11.8. The van der Waals surface area contributed by atoms with E-state index in [1.54, 1.807) is 0 Å². The van der Waals surface area contributed by atoms with E-state index in [1.165, 1.54) is 24.8 Å². The molecular formula is C15H22O. The zero-order valence-corrected chi connectivity index (χ0v) is 10.5. The number of ketones is 1. The first kappa shape index (κ1) is 13.0. The van der Waals surface area contributed by atoms with E-state index < -0.39 is 0 Å². The summed E-state index contributed by atoms with van der Waals surface area (Å²) in [6, 6.07) is 8.03. The minimum Gasteiger partial charge on any atom is -0.294 e. The van der Waals surface area contributed by atoms with Gasteiger partial charge in [-0.2, -0.15) is 0 Å². The molecular weight excluding hydrogens is 196 g/mol. The van der Waals surface area contributed by atoms with Crippen LogP contribution in [0, 0.1) is 0 Å². The lowest BCUT2D eigenvalue weighted by molar-refractivity contribution is 0.0979.